The maximum atomic E-state index is 6.62. The van der Waals surface area contributed by atoms with Crippen LogP contribution in [-0.4, -0.2) is 24.5 Å². The predicted octanol–water partition coefficient (Wildman–Crippen LogP) is 14.3. The molecule has 0 fully saturated rings. The van der Waals surface area contributed by atoms with Crippen molar-refractivity contribution in [2.24, 2.45) is 0 Å². The molecule has 0 aliphatic carbocycles. The lowest BCUT2D eigenvalue weighted by Crippen LogP contribution is -2.02. The highest BCUT2D eigenvalue weighted by Crippen LogP contribution is 2.43. The summed E-state index contributed by atoms with van der Waals surface area (Å²) in [5.41, 5.74) is 13.6. The van der Waals surface area contributed by atoms with E-state index < -0.39 is 0 Å². The molecule has 0 saturated heterocycles. The highest BCUT2D eigenvalue weighted by Gasteiger charge is 2.22. The maximum Gasteiger partial charge on any atom is 0.166 e. The van der Waals surface area contributed by atoms with E-state index in [9.17, 15) is 0 Å². The van der Waals surface area contributed by atoms with Gasteiger partial charge < -0.3 is 8.98 Å². The number of hydrogen-bond donors (Lipinski definition) is 0. The standard InChI is InChI=1S/C56H35N5O/c1-5-16-36(17-6-1)39-22-15-23-40(32-39)42-34-46(56-59-54(37-18-7-2-8-19-37)58-55(60-56)38-20-9-3-10-21-38)53(57-35-42)41-28-30-49-45(33-41)52-50(62-49)31-29-48-51(52)44-26-13-14-27-47(44)61(48)43-24-11-4-12-25-43/h1-35H. The quantitative estimate of drug-likeness (QED) is 0.161. The molecule has 290 valence electrons. The Kier molecular flexibility index (Phi) is 8.38. The summed E-state index contributed by atoms with van der Waals surface area (Å²) >= 11 is 0. The Hall–Kier alpha value is -8.48. The van der Waals surface area contributed by atoms with Crippen molar-refractivity contribution < 1.29 is 4.42 Å². The third kappa shape index (κ3) is 6.04. The molecule has 4 aromatic heterocycles. The number of benzene rings is 8. The van der Waals surface area contributed by atoms with Crippen LogP contribution >= 0.6 is 0 Å². The molecule has 0 bridgehead atoms. The van der Waals surface area contributed by atoms with Crippen LogP contribution < -0.4 is 0 Å². The lowest BCUT2D eigenvalue weighted by molar-refractivity contribution is 0.669. The van der Waals surface area contributed by atoms with E-state index >= 15 is 0 Å². The number of para-hydroxylation sites is 2. The van der Waals surface area contributed by atoms with Gasteiger partial charge in [-0.2, -0.15) is 0 Å². The van der Waals surface area contributed by atoms with Crippen molar-refractivity contribution in [2.75, 3.05) is 0 Å². The number of hydrogen-bond acceptors (Lipinski definition) is 5. The summed E-state index contributed by atoms with van der Waals surface area (Å²) in [5, 5.41) is 4.39. The monoisotopic (exact) mass is 793 g/mol. The second-order valence-corrected chi connectivity index (χ2v) is 15.4. The summed E-state index contributed by atoms with van der Waals surface area (Å²) in [6.45, 7) is 0. The Morgan fingerprint density at radius 3 is 1.65 bits per heavy atom. The smallest absolute Gasteiger partial charge is 0.166 e. The third-order valence-corrected chi connectivity index (χ3v) is 11.7. The highest BCUT2D eigenvalue weighted by atomic mass is 16.3. The molecule has 0 aliphatic rings. The fourth-order valence-electron chi connectivity index (χ4n) is 8.79. The van der Waals surface area contributed by atoms with Crippen LogP contribution in [0.1, 0.15) is 0 Å². The summed E-state index contributed by atoms with van der Waals surface area (Å²) in [5.74, 6) is 1.71. The minimum absolute atomic E-state index is 0.534. The molecule has 0 N–H and O–H groups in total. The Balaban J connectivity index is 1.11. The molecule has 0 aliphatic heterocycles. The summed E-state index contributed by atoms with van der Waals surface area (Å²) in [7, 11) is 0. The summed E-state index contributed by atoms with van der Waals surface area (Å²) in [6, 6.07) is 71.2. The molecule has 0 radical (unpaired) electrons. The second kappa shape index (κ2) is 14.7. The van der Waals surface area contributed by atoms with Crippen molar-refractivity contribution in [3.8, 4) is 73.4 Å². The van der Waals surface area contributed by atoms with E-state index in [0.29, 0.717) is 17.5 Å². The van der Waals surface area contributed by atoms with E-state index in [1.807, 2.05) is 72.9 Å². The summed E-state index contributed by atoms with van der Waals surface area (Å²) in [6.07, 6.45) is 1.96. The first kappa shape index (κ1) is 35.5. The van der Waals surface area contributed by atoms with Crippen LogP contribution in [0.25, 0.3) is 117 Å². The van der Waals surface area contributed by atoms with E-state index in [0.717, 1.165) is 99.6 Å². The van der Waals surface area contributed by atoms with E-state index in [1.165, 1.54) is 0 Å². The molecular formula is C56H35N5O. The fraction of sp³-hybridized carbons (Fsp3) is 0. The zero-order valence-corrected chi connectivity index (χ0v) is 33.4. The lowest BCUT2D eigenvalue weighted by atomic mass is 9.96. The van der Waals surface area contributed by atoms with Crippen molar-refractivity contribution in [1.29, 1.82) is 0 Å². The highest BCUT2D eigenvalue weighted by molar-refractivity contribution is 6.27. The van der Waals surface area contributed by atoms with Crippen molar-refractivity contribution in [3.63, 3.8) is 0 Å². The number of aromatic nitrogens is 5. The third-order valence-electron chi connectivity index (χ3n) is 11.7. The van der Waals surface area contributed by atoms with Crippen LogP contribution in [0.15, 0.2) is 217 Å². The molecular weight excluding hydrogens is 759 g/mol. The van der Waals surface area contributed by atoms with Crippen LogP contribution in [0.3, 0.4) is 0 Å². The van der Waals surface area contributed by atoms with Crippen molar-refractivity contribution in [1.82, 2.24) is 24.5 Å². The van der Waals surface area contributed by atoms with Crippen LogP contribution in [0, 0.1) is 0 Å². The fourth-order valence-corrected chi connectivity index (χ4v) is 8.79. The molecule has 62 heavy (non-hydrogen) atoms. The predicted molar refractivity (Wildman–Crippen MR) is 252 cm³/mol. The Morgan fingerprint density at radius 1 is 0.355 bits per heavy atom. The zero-order valence-electron chi connectivity index (χ0n) is 33.4. The van der Waals surface area contributed by atoms with Gasteiger partial charge in [0.15, 0.2) is 17.5 Å². The van der Waals surface area contributed by atoms with Gasteiger partial charge in [0, 0.05) is 61.2 Å². The van der Waals surface area contributed by atoms with Gasteiger partial charge >= 0.3 is 0 Å². The van der Waals surface area contributed by atoms with E-state index in [1.54, 1.807) is 0 Å². The second-order valence-electron chi connectivity index (χ2n) is 15.4. The number of rotatable bonds is 7. The van der Waals surface area contributed by atoms with Gasteiger partial charge in [-0.15, -0.1) is 0 Å². The van der Waals surface area contributed by atoms with Crippen LogP contribution in [0.2, 0.25) is 0 Å². The molecule has 0 amide bonds. The van der Waals surface area contributed by atoms with Gasteiger partial charge in [0.05, 0.1) is 16.7 Å². The summed E-state index contributed by atoms with van der Waals surface area (Å²) in [4.78, 5) is 20.7. The van der Waals surface area contributed by atoms with Crippen molar-refractivity contribution in [2.45, 2.75) is 0 Å². The van der Waals surface area contributed by atoms with Gasteiger partial charge in [-0.1, -0.05) is 146 Å². The van der Waals surface area contributed by atoms with E-state index in [2.05, 4.69) is 144 Å². The van der Waals surface area contributed by atoms with Gasteiger partial charge in [-0.3, -0.25) is 4.98 Å². The van der Waals surface area contributed by atoms with E-state index in [4.69, 9.17) is 24.4 Å². The van der Waals surface area contributed by atoms with E-state index in [-0.39, 0.29) is 0 Å². The normalized spacial score (nSPS) is 11.5. The van der Waals surface area contributed by atoms with Crippen LogP contribution in [0.5, 0.6) is 0 Å². The zero-order chi connectivity index (χ0) is 41.0. The number of pyridine rings is 1. The number of furan rings is 1. The number of nitrogens with zero attached hydrogens (tertiary/aromatic N) is 5. The molecule has 12 aromatic rings. The van der Waals surface area contributed by atoms with Crippen LogP contribution in [0.4, 0.5) is 0 Å². The molecule has 4 heterocycles. The molecule has 0 atom stereocenters. The van der Waals surface area contributed by atoms with Gasteiger partial charge in [-0.25, -0.2) is 15.0 Å². The first-order valence-corrected chi connectivity index (χ1v) is 20.7. The first-order valence-electron chi connectivity index (χ1n) is 20.7. The minimum atomic E-state index is 0.534. The molecule has 6 heteroatoms. The topological polar surface area (TPSA) is 69.6 Å². The SMILES string of the molecule is c1ccc(-c2cccc(-c3cnc(-c4ccc5oc6ccc7c(c8ccccc8n7-c7ccccc7)c6c5c4)c(-c4nc(-c5ccccc5)nc(-c5ccccc5)n4)c3)c2)cc1. The largest absolute Gasteiger partial charge is 0.456 e. The van der Waals surface area contributed by atoms with Crippen molar-refractivity contribution in [3.05, 3.63) is 212 Å². The first-order chi connectivity index (χ1) is 30.7. The number of fused-ring (bicyclic) bond motifs is 7. The molecule has 8 aromatic carbocycles. The average molecular weight is 794 g/mol. The molecule has 12 rings (SSSR count). The maximum absolute atomic E-state index is 6.62. The molecule has 0 saturated carbocycles. The van der Waals surface area contributed by atoms with Gasteiger partial charge in [0.25, 0.3) is 0 Å². The average Bonchev–Trinajstić information content (AvgIpc) is 3.90. The molecule has 0 unspecified atom stereocenters. The van der Waals surface area contributed by atoms with Crippen molar-refractivity contribution >= 4 is 43.7 Å². The van der Waals surface area contributed by atoms with Crippen LogP contribution in [-0.2, 0) is 0 Å². The lowest BCUT2D eigenvalue weighted by Gasteiger charge is -2.14. The van der Waals surface area contributed by atoms with Gasteiger partial charge in [-0.05, 0) is 77.4 Å². The molecule has 0 spiro atoms. The van der Waals surface area contributed by atoms with Gasteiger partial charge in [0.2, 0.25) is 0 Å². The molecule has 6 nitrogen and oxygen atoms in total. The van der Waals surface area contributed by atoms with Gasteiger partial charge in [0.1, 0.15) is 11.2 Å². The Labute approximate surface area is 357 Å². The minimum Gasteiger partial charge on any atom is -0.456 e. The summed E-state index contributed by atoms with van der Waals surface area (Å²) < 4.78 is 8.96. The Bertz CT molecular complexity index is 3560. The Morgan fingerprint density at radius 2 is 0.935 bits per heavy atom.